The minimum Gasteiger partial charge on any atom is -0.298 e. The van der Waals surface area contributed by atoms with Crippen LogP contribution in [0.2, 0.25) is 0 Å². The summed E-state index contributed by atoms with van der Waals surface area (Å²) in [5.41, 5.74) is 11.6. The number of benzene rings is 5. The molecule has 0 heterocycles. The number of aryl methyl sites for hydroxylation is 2. The SMILES string of the molecule is Cc1cc(C=O)c(C)cc1C#Cc1ccc(C(=C(c2ccccc2)c2ccccc2)c2ccccc2)cc1. The second-order valence-corrected chi connectivity index (χ2v) is 9.32. The predicted octanol–water partition coefficient (Wildman–Crippen LogP) is 8.52. The molecule has 0 atom stereocenters. The van der Waals surface area contributed by atoms with Gasteiger partial charge in [-0.05, 0) is 82.6 Å². The zero-order valence-corrected chi connectivity index (χ0v) is 21.6. The lowest BCUT2D eigenvalue weighted by Crippen LogP contribution is -1.97. The highest BCUT2D eigenvalue weighted by atomic mass is 16.1. The zero-order valence-electron chi connectivity index (χ0n) is 21.6. The summed E-state index contributed by atoms with van der Waals surface area (Å²) in [6.45, 7) is 3.93. The number of hydrogen-bond donors (Lipinski definition) is 0. The van der Waals surface area contributed by atoms with E-state index in [9.17, 15) is 4.79 Å². The molecule has 0 aliphatic rings. The summed E-state index contributed by atoms with van der Waals surface area (Å²) in [7, 11) is 0. The van der Waals surface area contributed by atoms with Crippen LogP contribution in [0.4, 0.5) is 0 Å². The molecule has 0 bridgehead atoms. The highest BCUT2D eigenvalue weighted by molar-refractivity contribution is 6.04. The summed E-state index contributed by atoms with van der Waals surface area (Å²) in [6.07, 6.45) is 0.898. The zero-order chi connectivity index (χ0) is 26.3. The third kappa shape index (κ3) is 5.41. The Bertz CT molecular complexity index is 1610. The number of rotatable bonds is 5. The molecule has 0 amide bonds. The average molecular weight is 489 g/mol. The second-order valence-electron chi connectivity index (χ2n) is 9.32. The third-order valence-corrected chi connectivity index (χ3v) is 6.69. The minimum atomic E-state index is 0.713. The Labute approximate surface area is 225 Å². The lowest BCUT2D eigenvalue weighted by molar-refractivity contribution is 0.112. The van der Waals surface area contributed by atoms with Crippen LogP contribution in [-0.2, 0) is 0 Å². The second kappa shape index (κ2) is 11.4. The van der Waals surface area contributed by atoms with Crippen LogP contribution in [0.3, 0.4) is 0 Å². The van der Waals surface area contributed by atoms with Crippen LogP contribution in [-0.4, -0.2) is 6.29 Å². The summed E-state index contributed by atoms with van der Waals surface area (Å²) in [4.78, 5) is 11.2. The number of carbonyl (C=O) groups is 1. The molecule has 5 aromatic rings. The number of aldehydes is 1. The van der Waals surface area contributed by atoms with E-state index in [0.717, 1.165) is 39.7 Å². The molecule has 0 fully saturated rings. The predicted molar refractivity (Wildman–Crippen MR) is 158 cm³/mol. The molecule has 5 rings (SSSR count). The fraction of sp³-hybridized carbons (Fsp3) is 0.0541. The Kier molecular flexibility index (Phi) is 7.44. The van der Waals surface area contributed by atoms with Crippen LogP contribution >= 0.6 is 0 Å². The maximum atomic E-state index is 11.2. The van der Waals surface area contributed by atoms with Gasteiger partial charge in [-0.3, -0.25) is 4.79 Å². The van der Waals surface area contributed by atoms with Crippen molar-refractivity contribution in [2.75, 3.05) is 0 Å². The average Bonchev–Trinajstić information content (AvgIpc) is 2.98. The van der Waals surface area contributed by atoms with Gasteiger partial charge in [-0.1, -0.05) is 115 Å². The van der Waals surface area contributed by atoms with Crippen LogP contribution < -0.4 is 0 Å². The number of carbonyl (C=O) groups excluding carboxylic acids is 1. The topological polar surface area (TPSA) is 17.1 Å². The lowest BCUT2D eigenvalue weighted by Gasteiger charge is -2.18. The molecule has 0 radical (unpaired) electrons. The fourth-order valence-corrected chi connectivity index (χ4v) is 4.69. The van der Waals surface area contributed by atoms with Crippen molar-refractivity contribution in [1.29, 1.82) is 0 Å². The molecule has 5 aromatic carbocycles. The lowest BCUT2D eigenvalue weighted by atomic mass is 9.85. The van der Waals surface area contributed by atoms with Gasteiger partial charge in [0, 0.05) is 16.7 Å². The Morgan fingerprint density at radius 3 is 1.42 bits per heavy atom. The first kappa shape index (κ1) is 24.8. The van der Waals surface area contributed by atoms with Gasteiger partial charge in [-0.25, -0.2) is 0 Å². The molecule has 0 saturated heterocycles. The van der Waals surface area contributed by atoms with Gasteiger partial charge in [-0.2, -0.15) is 0 Å². The van der Waals surface area contributed by atoms with Gasteiger partial charge in [0.25, 0.3) is 0 Å². The van der Waals surface area contributed by atoms with Crippen molar-refractivity contribution in [3.05, 3.63) is 177 Å². The van der Waals surface area contributed by atoms with Crippen molar-refractivity contribution < 1.29 is 4.79 Å². The van der Waals surface area contributed by atoms with Gasteiger partial charge in [0.1, 0.15) is 6.29 Å². The molecule has 0 aromatic heterocycles. The summed E-state index contributed by atoms with van der Waals surface area (Å²) in [5, 5.41) is 0. The standard InChI is InChI=1S/C37H28O/c1-27-25-35(26-38)28(2)24-34(27)23-20-29-18-21-33(22-19-29)37(32-16-10-5-11-17-32)36(30-12-6-3-7-13-30)31-14-8-4-9-15-31/h3-19,21-22,24-26H,1-2H3. The van der Waals surface area contributed by atoms with Gasteiger partial charge in [0.05, 0.1) is 0 Å². The Hall–Kier alpha value is -4.93. The smallest absolute Gasteiger partial charge is 0.150 e. The Balaban J connectivity index is 1.63. The van der Waals surface area contributed by atoms with Gasteiger partial charge in [0.15, 0.2) is 0 Å². The molecule has 0 aliphatic carbocycles. The van der Waals surface area contributed by atoms with Crippen LogP contribution in [0, 0.1) is 25.7 Å². The summed E-state index contributed by atoms with van der Waals surface area (Å²) < 4.78 is 0. The summed E-state index contributed by atoms with van der Waals surface area (Å²) in [6, 6.07) is 44.1. The highest BCUT2D eigenvalue weighted by Gasteiger charge is 2.15. The quantitative estimate of drug-likeness (QED) is 0.138. The van der Waals surface area contributed by atoms with Crippen molar-refractivity contribution in [3.8, 4) is 11.8 Å². The first-order valence-electron chi connectivity index (χ1n) is 12.7. The van der Waals surface area contributed by atoms with E-state index in [1.165, 1.54) is 22.3 Å². The van der Waals surface area contributed by atoms with Crippen molar-refractivity contribution in [1.82, 2.24) is 0 Å². The van der Waals surface area contributed by atoms with Gasteiger partial charge >= 0.3 is 0 Å². The van der Waals surface area contributed by atoms with E-state index in [-0.39, 0.29) is 0 Å². The summed E-state index contributed by atoms with van der Waals surface area (Å²) in [5.74, 6) is 6.61. The van der Waals surface area contributed by atoms with Crippen LogP contribution in [0.5, 0.6) is 0 Å². The first-order chi connectivity index (χ1) is 18.6. The first-order valence-corrected chi connectivity index (χ1v) is 12.7. The monoisotopic (exact) mass is 488 g/mol. The number of hydrogen-bond acceptors (Lipinski definition) is 1. The van der Waals surface area contributed by atoms with Gasteiger partial charge < -0.3 is 0 Å². The Morgan fingerprint density at radius 2 is 0.974 bits per heavy atom. The van der Waals surface area contributed by atoms with Crippen molar-refractivity contribution in [2.24, 2.45) is 0 Å². The highest BCUT2D eigenvalue weighted by Crippen LogP contribution is 2.36. The van der Waals surface area contributed by atoms with E-state index in [0.29, 0.717) is 5.56 Å². The van der Waals surface area contributed by atoms with Crippen molar-refractivity contribution >= 4 is 17.4 Å². The van der Waals surface area contributed by atoms with Crippen LogP contribution in [0.1, 0.15) is 54.9 Å². The van der Waals surface area contributed by atoms with E-state index in [4.69, 9.17) is 0 Å². The maximum Gasteiger partial charge on any atom is 0.150 e. The van der Waals surface area contributed by atoms with Gasteiger partial charge in [0.2, 0.25) is 0 Å². The maximum absolute atomic E-state index is 11.2. The minimum absolute atomic E-state index is 0.713. The molecule has 38 heavy (non-hydrogen) atoms. The molecule has 1 heteroatoms. The van der Waals surface area contributed by atoms with Crippen molar-refractivity contribution in [2.45, 2.75) is 13.8 Å². The Morgan fingerprint density at radius 1 is 0.526 bits per heavy atom. The molecular weight excluding hydrogens is 460 g/mol. The molecule has 182 valence electrons. The normalized spacial score (nSPS) is 10.3. The fourth-order valence-electron chi connectivity index (χ4n) is 4.69. The van der Waals surface area contributed by atoms with E-state index in [1.54, 1.807) is 0 Å². The van der Waals surface area contributed by atoms with E-state index >= 15 is 0 Å². The molecule has 0 unspecified atom stereocenters. The molecule has 0 saturated carbocycles. The third-order valence-electron chi connectivity index (χ3n) is 6.69. The van der Waals surface area contributed by atoms with E-state index < -0.39 is 0 Å². The molecule has 1 nitrogen and oxygen atoms in total. The van der Waals surface area contributed by atoms with Gasteiger partial charge in [-0.15, -0.1) is 0 Å². The largest absolute Gasteiger partial charge is 0.298 e. The van der Waals surface area contributed by atoms with E-state index in [2.05, 4.69) is 127 Å². The van der Waals surface area contributed by atoms with E-state index in [1.807, 2.05) is 26.0 Å². The summed E-state index contributed by atoms with van der Waals surface area (Å²) >= 11 is 0. The van der Waals surface area contributed by atoms with Crippen LogP contribution in [0.15, 0.2) is 127 Å². The molecule has 0 aliphatic heterocycles. The molecule has 0 N–H and O–H groups in total. The van der Waals surface area contributed by atoms with Crippen molar-refractivity contribution in [3.63, 3.8) is 0 Å². The molecular formula is C37H28O. The van der Waals surface area contributed by atoms with Crippen LogP contribution in [0.25, 0.3) is 11.1 Å². The molecule has 0 spiro atoms.